The summed E-state index contributed by atoms with van der Waals surface area (Å²) in [6, 6.07) is 2.70. The molecule has 1 aliphatic rings. The molecule has 0 aliphatic heterocycles. The molecule has 0 fully saturated rings. The molecular formula is C18H16N2S. The molecule has 2 nitrogen and oxygen atoms in total. The van der Waals surface area contributed by atoms with E-state index in [-0.39, 0.29) is 23.3 Å². The van der Waals surface area contributed by atoms with E-state index >= 15 is 0 Å². The number of nitrogens with zero attached hydrogens (tertiary/aromatic N) is 2. The molecule has 0 aromatic carbocycles. The van der Waals surface area contributed by atoms with Gasteiger partial charge >= 0.3 is 0 Å². The number of fused-ring (bicyclic) bond motifs is 3. The van der Waals surface area contributed by atoms with Gasteiger partial charge in [0, 0.05) is 30.0 Å². The van der Waals surface area contributed by atoms with Crippen LogP contribution in [0.5, 0.6) is 0 Å². The van der Waals surface area contributed by atoms with Crippen LogP contribution in [0.15, 0.2) is 30.4 Å². The van der Waals surface area contributed by atoms with Crippen LogP contribution in [-0.2, 0) is 0 Å². The molecular weight excluding hydrogens is 276 g/mol. The Kier molecular flexibility index (Phi) is 1.56. The fraction of sp³-hybridized carbons (Fsp3) is 0.222. The van der Waals surface area contributed by atoms with E-state index in [0.717, 1.165) is 26.9 Å². The second-order valence-electron chi connectivity index (χ2n) is 4.89. The Hall–Kier alpha value is -2.00. The number of aromatic nitrogens is 2. The van der Waals surface area contributed by atoms with E-state index in [9.17, 15) is 0 Å². The van der Waals surface area contributed by atoms with E-state index in [1.807, 2.05) is 0 Å². The SMILES string of the molecule is [2H]c1c(C([2H])([2H])[2H])cnc(C2=c3sc4nc(C([2H])([2H])[2H])ccc4c3=CCC2)c1[2H]. The van der Waals surface area contributed by atoms with Gasteiger partial charge in [-0.05, 0) is 61.1 Å². The van der Waals surface area contributed by atoms with E-state index < -0.39 is 13.7 Å². The lowest BCUT2D eigenvalue weighted by Crippen LogP contribution is -2.25. The molecule has 0 unspecified atom stereocenters. The van der Waals surface area contributed by atoms with Crippen LogP contribution in [0.4, 0.5) is 0 Å². The van der Waals surface area contributed by atoms with Crippen molar-refractivity contribution in [2.45, 2.75) is 26.5 Å². The fourth-order valence-corrected chi connectivity index (χ4v) is 3.85. The second kappa shape index (κ2) is 4.78. The van der Waals surface area contributed by atoms with Crippen molar-refractivity contribution in [1.29, 1.82) is 0 Å². The summed E-state index contributed by atoms with van der Waals surface area (Å²) in [5, 5.41) is 1.76. The molecule has 104 valence electrons. The maximum atomic E-state index is 8.33. The van der Waals surface area contributed by atoms with Gasteiger partial charge in [-0.25, -0.2) is 4.98 Å². The summed E-state index contributed by atoms with van der Waals surface area (Å²) in [4.78, 5) is 9.14. The minimum absolute atomic E-state index is 0.0277. The maximum Gasteiger partial charge on any atom is 0.124 e. The van der Waals surface area contributed by atoms with Crippen LogP contribution in [0.25, 0.3) is 21.9 Å². The average molecular weight is 300 g/mol. The zero-order valence-electron chi connectivity index (χ0n) is 19.0. The van der Waals surface area contributed by atoms with Gasteiger partial charge in [-0.2, -0.15) is 0 Å². The highest BCUT2D eigenvalue weighted by Crippen LogP contribution is 2.21. The molecule has 4 rings (SSSR count). The number of pyridine rings is 2. The Morgan fingerprint density at radius 1 is 1.29 bits per heavy atom. The maximum absolute atomic E-state index is 8.33. The highest BCUT2D eigenvalue weighted by molar-refractivity contribution is 7.16. The topological polar surface area (TPSA) is 25.8 Å². The molecule has 3 aromatic rings. The van der Waals surface area contributed by atoms with Crippen LogP contribution in [0, 0.1) is 13.7 Å². The summed E-state index contributed by atoms with van der Waals surface area (Å²) in [5.41, 5.74) is 0.839. The largest absolute Gasteiger partial charge is 0.256 e. The van der Waals surface area contributed by atoms with Crippen molar-refractivity contribution in [3.63, 3.8) is 0 Å². The van der Waals surface area contributed by atoms with Crippen LogP contribution >= 0.6 is 11.3 Å². The molecule has 0 atom stereocenters. The van der Waals surface area contributed by atoms with Gasteiger partial charge in [-0.15, -0.1) is 11.3 Å². The minimum Gasteiger partial charge on any atom is -0.256 e. The number of thiophene rings is 1. The first-order valence-corrected chi connectivity index (χ1v) is 7.40. The summed E-state index contributed by atoms with van der Waals surface area (Å²) in [5.74, 6) is 0. The Morgan fingerprint density at radius 2 is 2.29 bits per heavy atom. The van der Waals surface area contributed by atoms with Crippen molar-refractivity contribution in [3.8, 4) is 0 Å². The van der Waals surface area contributed by atoms with Crippen LogP contribution in [0.3, 0.4) is 0 Å². The van der Waals surface area contributed by atoms with Gasteiger partial charge in [0.1, 0.15) is 4.83 Å². The molecule has 0 spiro atoms. The monoisotopic (exact) mass is 300 g/mol. The van der Waals surface area contributed by atoms with Crippen LogP contribution < -0.4 is 9.75 Å². The van der Waals surface area contributed by atoms with Crippen molar-refractivity contribution in [3.05, 3.63) is 57.1 Å². The lowest BCUT2D eigenvalue weighted by molar-refractivity contribution is 1.06. The molecule has 3 aromatic heterocycles. The first kappa shape index (κ1) is 6.84. The average Bonchev–Trinajstić information content (AvgIpc) is 3.00. The van der Waals surface area contributed by atoms with E-state index in [1.165, 1.54) is 17.4 Å². The Morgan fingerprint density at radius 3 is 3.19 bits per heavy atom. The van der Waals surface area contributed by atoms with Gasteiger partial charge in [0.05, 0.1) is 8.44 Å². The van der Waals surface area contributed by atoms with E-state index in [1.54, 1.807) is 6.07 Å². The molecule has 0 N–H and O–H groups in total. The Bertz CT molecular complexity index is 1250. The van der Waals surface area contributed by atoms with Crippen LogP contribution in [-0.4, -0.2) is 9.97 Å². The molecule has 0 saturated carbocycles. The summed E-state index contributed by atoms with van der Waals surface area (Å²) in [7, 11) is 0. The van der Waals surface area contributed by atoms with Crippen LogP contribution in [0.1, 0.15) is 40.8 Å². The highest BCUT2D eigenvalue weighted by atomic mass is 32.1. The number of hydrogen-bond acceptors (Lipinski definition) is 3. The first-order chi connectivity index (χ1) is 13.5. The predicted octanol–water partition coefficient (Wildman–Crippen LogP) is 3.08. The van der Waals surface area contributed by atoms with Crippen molar-refractivity contribution < 1.29 is 11.0 Å². The molecule has 0 radical (unpaired) electrons. The lowest BCUT2D eigenvalue weighted by atomic mass is 10.0. The molecule has 0 amide bonds. The molecule has 3 heteroatoms. The molecule has 3 heterocycles. The number of rotatable bonds is 1. The zero-order valence-corrected chi connectivity index (χ0v) is 11.8. The number of hydrogen-bond donors (Lipinski definition) is 0. The van der Waals surface area contributed by atoms with Crippen molar-refractivity contribution >= 4 is 33.2 Å². The summed E-state index contributed by atoms with van der Waals surface area (Å²) < 4.78 is 62.5. The van der Waals surface area contributed by atoms with Gasteiger partial charge in [-0.3, -0.25) is 4.98 Å². The van der Waals surface area contributed by atoms with E-state index in [4.69, 9.17) is 11.0 Å². The quantitative estimate of drug-likeness (QED) is 0.690. The van der Waals surface area contributed by atoms with Crippen LogP contribution in [0.2, 0.25) is 0 Å². The van der Waals surface area contributed by atoms with E-state index in [0.29, 0.717) is 23.4 Å². The van der Waals surface area contributed by atoms with Crippen molar-refractivity contribution in [2.24, 2.45) is 0 Å². The van der Waals surface area contributed by atoms with E-state index in [2.05, 4.69) is 16.0 Å². The van der Waals surface area contributed by atoms with Gasteiger partial charge in [-0.1, -0.05) is 12.1 Å². The fourth-order valence-electron chi connectivity index (χ4n) is 2.60. The third kappa shape index (κ3) is 2.09. The lowest BCUT2D eigenvalue weighted by Gasteiger charge is -2.08. The van der Waals surface area contributed by atoms with Gasteiger partial charge < -0.3 is 0 Å². The van der Waals surface area contributed by atoms with Crippen molar-refractivity contribution in [2.75, 3.05) is 0 Å². The third-order valence-corrected chi connectivity index (χ3v) is 4.71. The number of aryl methyl sites for hydroxylation is 2. The molecule has 0 saturated heterocycles. The second-order valence-corrected chi connectivity index (χ2v) is 5.88. The standard InChI is InChI=1S/C18H16N2S/c1-11-6-9-16(19-10-11)15-5-3-4-13-14-8-7-12(2)20-18(14)21-17(13)15/h4,6-10H,3,5H2,1-2H3/i1D3,2D3,6D,9D. The zero-order chi connectivity index (χ0) is 21.1. The summed E-state index contributed by atoms with van der Waals surface area (Å²) in [6.07, 6.45) is 4.50. The summed E-state index contributed by atoms with van der Waals surface area (Å²) >= 11 is 1.33. The molecule has 1 aliphatic carbocycles. The van der Waals surface area contributed by atoms with Gasteiger partial charge in [0.25, 0.3) is 0 Å². The predicted molar refractivity (Wildman–Crippen MR) is 88.8 cm³/mol. The van der Waals surface area contributed by atoms with Crippen molar-refractivity contribution in [1.82, 2.24) is 9.97 Å². The normalized spacial score (nSPS) is 20.9. The Labute approximate surface area is 138 Å². The minimum atomic E-state index is -2.50. The molecule has 21 heavy (non-hydrogen) atoms. The summed E-state index contributed by atoms with van der Waals surface area (Å²) in [6.45, 7) is -4.79. The van der Waals surface area contributed by atoms with Gasteiger partial charge in [0.2, 0.25) is 0 Å². The highest BCUT2D eigenvalue weighted by Gasteiger charge is 2.13. The third-order valence-electron chi connectivity index (χ3n) is 3.53. The molecule has 0 bridgehead atoms. The van der Waals surface area contributed by atoms with Gasteiger partial charge in [0.15, 0.2) is 0 Å². The Balaban J connectivity index is 1.99. The first-order valence-electron chi connectivity index (χ1n) is 10.6. The smallest absolute Gasteiger partial charge is 0.124 e.